The molecule has 2 aliphatic carbocycles. The van der Waals surface area contributed by atoms with Gasteiger partial charge in [-0.3, -0.25) is 9.59 Å². The predicted octanol–water partition coefficient (Wildman–Crippen LogP) is 4.22. The molecule has 3 fully saturated rings. The zero-order valence-electron chi connectivity index (χ0n) is 23.2. The van der Waals surface area contributed by atoms with E-state index in [4.69, 9.17) is 4.98 Å². The minimum absolute atomic E-state index is 0.0659. The van der Waals surface area contributed by atoms with Gasteiger partial charge in [-0.25, -0.2) is 13.8 Å². The van der Waals surface area contributed by atoms with Crippen LogP contribution < -0.4 is 20.4 Å². The van der Waals surface area contributed by atoms with Gasteiger partial charge in [0, 0.05) is 31.7 Å². The lowest BCUT2D eigenvalue weighted by Crippen LogP contribution is -2.43. The molecule has 1 saturated heterocycles. The zero-order chi connectivity index (χ0) is 28.0. The van der Waals surface area contributed by atoms with Crippen molar-refractivity contribution in [1.82, 2.24) is 20.2 Å². The van der Waals surface area contributed by atoms with Crippen LogP contribution in [0.5, 0.6) is 0 Å². The molecule has 1 spiro atoms. The molecule has 2 amide bonds. The minimum atomic E-state index is -0.825. The highest BCUT2D eigenvalue weighted by atomic mass is 19.1. The van der Waals surface area contributed by atoms with Crippen LogP contribution in [0.15, 0.2) is 18.3 Å². The Morgan fingerprint density at radius 2 is 1.75 bits per heavy atom. The topological polar surface area (TPSA) is 93.7 Å². The third-order valence-corrected chi connectivity index (χ3v) is 9.09. The highest BCUT2D eigenvalue weighted by molar-refractivity contribution is 6.02. The van der Waals surface area contributed by atoms with Crippen LogP contribution >= 0.6 is 0 Å². The van der Waals surface area contributed by atoms with Gasteiger partial charge in [0.05, 0.1) is 22.9 Å². The maximum absolute atomic E-state index is 15.2. The summed E-state index contributed by atoms with van der Waals surface area (Å²) >= 11 is 0. The summed E-state index contributed by atoms with van der Waals surface area (Å²) in [6, 6.07) is 2.09. The predicted molar refractivity (Wildman–Crippen MR) is 149 cm³/mol. The van der Waals surface area contributed by atoms with Crippen molar-refractivity contribution in [3.63, 3.8) is 0 Å². The molecular weight excluding hydrogens is 516 g/mol. The van der Waals surface area contributed by atoms with E-state index in [0.717, 1.165) is 76.6 Å². The molecule has 3 heterocycles. The number of likely N-dealkylation sites (tertiary alicyclic amines) is 1. The van der Waals surface area contributed by atoms with Crippen LogP contribution in [0, 0.1) is 17.0 Å². The van der Waals surface area contributed by atoms with E-state index in [0.29, 0.717) is 18.1 Å². The fourth-order valence-corrected chi connectivity index (χ4v) is 6.38. The van der Waals surface area contributed by atoms with Gasteiger partial charge in [-0.2, -0.15) is 4.98 Å². The molecule has 9 nitrogen and oxygen atoms in total. The number of piperidine rings is 1. The largest absolute Gasteiger partial charge is 0.351 e. The Bertz CT molecular complexity index is 1300. The quantitative estimate of drug-likeness (QED) is 0.573. The number of hydrogen-bond donors (Lipinski definition) is 2. The molecule has 2 aliphatic heterocycles. The average molecular weight is 554 g/mol. The maximum atomic E-state index is 15.2. The van der Waals surface area contributed by atoms with Crippen LogP contribution in [0.3, 0.4) is 0 Å². The Morgan fingerprint density at radius 3 is 2.45 bits per heavy atom. The number of nitrogens with one attached hydrogen (secondary N) is 2. The second-order valence-electron chi connectivity index (χ2n) is 12.0. The first-order chi connectivity index (χ1) is 19.2. The number of halogens is 2. The second-order valence-corrected chi connectivity index (χ2v) is 12.0. The lowest BCUT2D eigenvalue weighted by Gasteiger charge is -2.36. The number of carbonyl (C=O) groups is 2. The fraction of sp³-hybridized carbons (Fsp3) is 0.586. The molecule has 2 N–H and O–H groups in total. The molecule has 0 radical (unpaired) electrons. The molecule has 2 aromatic rings. The summed E-state index contributed by atoms with van der Waals surface area (Å²) < 4.78 is 30.2. The Morgan fingerprint density at radius 1 is 1.02 bits per heavy atom. The van der Waals surface area contributed by atoms with E-state index in [1.807, 2.05) is 7.05 Å². The summed E-state index contributed by atoms with van der Waals surface area (Å²) in [5.41, 5.74) is -0.255. The second kappa shape index (κ2) is 10.6. The number of benzene rings is 1. The van der Waals surface area contributed by atoms with E-state index in [-0.39, 0.29) is 40.6 Å². The van der Waals surface area contributed by atoms with Crippen molar-refractivity contribution in [2.45, 2.75) is 69.9 Å². The molecule has 6 rings (SSSR count). The standard InChI is InChI=1S/C29H37F2N7O2/c1-36-12-8-18(9-13-36)33-26(39)20-14-22(31)23(15-21(20)30)34-28-32-16-24-25(35-28)38(19-6-4-3-5-7-19)17-29(10-11-29)27(40)37(24)2/h14-16,18-19H,3-13,17H2,1-2H3,(H,33,39)(H,32,34,35). The average Bonchev–Trinajstić information content (AvgIpc) is 3.75. The van der Waals surface area contributed by atoms with Crippen molar-refractivity contribution in [2.24, 2.45) is 5.41 Å². The Kier molecular flexibility index (Phi) is 7.10. The molecular formula is C29H37F2N7O2. The third-order valence-electron chi connectivity index (χ3n) is 9.09. The molecule has 2 saturated carbocycles. The third kappa shape index (κ3) is 5.11. The molecule has 40 heavy (non-hydrogen) atoms. The smallest absolute Gasteiger partial charge is 0.254 e. The summed E-state index contributed by atoms with van der Waals surface area (Å²) in [7, 11) is 3.77. The highest BCUT2D eigenvalue weighted by Crippen LogP contribution is 2.52. The number of amides is 2. The molecule has 214 valence electrons. The Labute approximate surface area is 233 Å². The summed E-state index contributed by atoms with van der Waals surface area (Å²) in [5.74, 6) is -1.40. The van der Waals surface area contributed by atoms with Gasteiger partial charge in [0.25, 0.3) is 5.91 Å². The van der Waals surface area contributed by atoms with Crippen molar-refractivity contribution in [2.75, 3.05) is 48.8 Å². The van der Waals surface area contributed by atoms with Crippen molar-refractivity contribution >= 4 is 35.0 Å². The minimum Gasteiger partial charge on any atom is -0.351 e. The number of nitrogens with zero attached hydrogens (tertiary/aromatic N) is 5. The van der Waals surface area contributed by atoms with Gasteiger partial charge in [-0.05, 0) is 64.7 Å². The lowest BCUT2D eigenvalue weighted by atomic mass is 9.93. The van der Waals surface area contributed by atoms with E-state index in [9.17, 15) is 9.59 Å². The monoisotopic (exact) mass is 553 g/mol. The number of carbonyl (C=O) groups excluding carboxylic acids is 2. The first-order valence-corrected chi connectivity index (χ1v) is 14.4. The van der Waals surface area contributed by atoms with Crippen LogP contribution in [-0.2, 0) is 4.79 Å². The summed E-state index contributed by atoms with van der Waals surface area (Å²) in [6.07, 6.45) is 10.3. The molecule has 4 aliphatic rings. The van der Waals surface area contributed by atoms with Gasteiger partial charge >= 0.3 is 0 Å². The number of hydrogen-bond acceptors (Lipinski definition) is 7. The van der Waals surface area contributed by atoms with E-state index >= 15 is 8.78 Å². The van der Waals surface area contributed by atoms with Crippen LogP contribution in [0.2, 0.25) is 0 Å². The molecule has 0 bridgehead atoms. The van der Waals surface area contributed by atoms with Gasteiger partial charge in [0.15, 0.2) is 5.82 Å². The van der Waals surface area contributed by atoms with Gasteiger partial charge in [-0.15, -0.1) is 0 Å². The Balaban J connectivity index is 1.25. The first kappa shape index (κ1) is 26.9. The van der Waals surface area contributed by atoms with Crippen molar-refractivity contribution in [3.05, 3.63) is 35.5 Å². The normalized spacial score (nSPS) is 21.8. The van der Waals surface area contributed by atoms with E-state index in [2.05, 4.69) is 25.4 Å². The van der Waals surface area contributed by atoms with Gasteiger partial charge in [0.2, 0.25) is 11.9 Å². The SMILES string of the molecule is CN1CCC(NC(=O)c2cc(F)c(Nc3ncc4c(n3)N(C3CCCCC3)CC3(CC3)C(=O)N4C)cc2F)CC1. The van der Waals surface area contributed by atoms with Gasteiger partial charge in [0.1, 0.15) is 17.3 Å². The van der Waals surface area contributed by atoms with E-state index < -0.39 is 17.5 Å². The zero-order valence-corrected chi connectivity index (χ0v) is 23.2. The van der Waals surface area contributed by atoms with Crippen molar-refractivity contribution in [3.8, 4) is 0 Å². The summed E-state index contributed by atoms with van der Waals surface area (Å²) in [6.45, 7) is 2.29. The number of anilines is 4. The molecule has 0 unspecified atom stereocenters. The molecule has 0 atom stereocenters. The van der Waals surface area contributed by atoms with Crippen LogP contribution in [0.1, 0.15) is 68.1 Å². The van der Waals surface area contributed by atoms with Gasteiger partial charge < -0.3 is 25.3 Å². The molecule has 1 aromatic heterocycles. The van der Waals surface area contributed by atoms with E-state index in [1.54, 1.807) is 18.1 Å². The van der Waals surface area contributed by atoms with Crippen LogP contribution in [0.25, 0.3) is 0 Å². The van der Waals surface area contributed by atoms with E-state index in [1.165, 1.54) is 6.42 Å². The Hall–Kier alpha value is -3.34. The number of aromatic nitrogens is 2. The van der Waals surface area contributed by atoms with Crippen LogP contribution in [0.4, 0.5) is 31.9 Å². The van der Waals surface area contributed by atoms with Crippen molar-refractivity contribution in [1.29, 1.82) is 0 Å². The van der Waals surface area contributed by atoms with Crippen molar-refractivity contribution < 1.29 is 18.4 Å². The summed E-state index contributed by atoms with van der Waals surface area (Å²) in [5, 5.41) is 5.65. The molecule has 11 heteroatoms. The lowest BCUT2D eigenvalue weighted by molar-refractivity contribution is -0.123. The van der Waals surface area contributed by atoms with Gasteiger partial charge in [-0.1, -0.05) is 19.3 Å². The summed E-state index contributed by atoms with van der Waals surface area (Å²) in [4.78, 5) is 41.2. The van der Waals surface area contributed by atoms with Crippen LogP contribution in [-0.4, -0.2) is 72.5 Å². The molecule has 1 aromatic carbocycles. The number of fused-ring (bicyclic) bond motifs is 1. The fourth-order valence-electron chi connectivity index (χ4n) is 6.38. The first-order valence-electron chi connectivity index (χ1n) is 14.4. The highest BCUT2D eigenvalue weighted by Gasteiger charge is 2.55. The number of rotatable bonds is 5. The maximum Gasteiger partial charge on any atom is 0.254 e.